The second-order valence-corrected chi connectivity index (χ2v) is 5.43. The Bertz CT molecular complexity index is 422. The predicted molar refractivity (Wildman–Crippen MR) is 79.3 cm³/mol. The Morgan fingerprint density at radius 1 is 1.35 bits per heavy atom. The molecular formula is C16H25NO3. The van der Waals surface area contributed by atoms with Crippen LogP contribution in [0.3, 0.4) is 0 Å². The second kappa shape index (κ2) is 7.62. The molecule has 0 saturated carbocycles. The summed E-state index contributed by atoms with van der Waals surface area (Å²) in [5, 5.41) is 13.2. The average Bonchev–Trinajstić information content (AvgIpc) is 2.46. The highest BCUT2D eigenvalue weighted by Gasteiger charge is 2.18. The molecule has 0 saturated heterocycles. The van der Waals surface area contributed by atoms with E-state index in [0.29, 0.717) is 12.6 Å². The normalized spacial score (nSPS) is 19.4. The lowest BCUT2D eigenvalue weighted by molar-refractivity contribution is 0.0589. The molecule has 1 aliphatic rings. The highest BCUT2D eigenvalue weighted by atomic mass is 16.5. The summed E-state index contributed by atoms with van der Waals surface area (Å²) in [4.78, 5) is 0. The molecule has 2 rings (SSSR count). The van der Waals surface area contributed by atoms with E-state index >= 15 is 0 Å². The standard InChI is InChI=1S/C16H25NO3/c1-19-11-15(18)7-8-17-14-5-3-12-4-6-16(20-2)10-13(12)9-14/h4,6,10,14-15,17-18H,3,5,7-9,11H2,1-2H3. The van der Waals surface area contributed by atoms with Crippen LogP contribution < -0.4 is 10.1 Å². The maximum atomic E-state index is 9.62. The van der Waals surface area contributed by atoms with Gasteiger partial charge in [0.25, 0.3) is 0 Å². The van der Waals surface area contributed by atoms with Crippen LogP contribution in [0.15, 0.2) is 18.2 Å². The quantitative estimate of drug-likeness (QED) is 0.795. The van der Waals surface area contributed by atoms with E-state index in [1.54, 1.807) is 14.2 Å². The number of aryl methyl sites for hydroxylation is 1. The minimum absolute atomic E-state index is 0.372. The molecule has 1 aromatic carbocycles. The van der Waals surface area contributed by atoms with E-state index in [0.717, 1.165) is 38.0 Å². The van der Waals surface area contributed by atoms with Gasteiger partial charge in [0.2, 0.25) is 0 Å². The number of benzene rings is 1. The first-order chi connectivity index (χ1) is 9.72. The Hall–Kier alpha value is -1.10. The predicted octanol–water partition coefficient (Wildman–Crippen LogP) is 1.54. The van der Waals surface area contributed by atoms with Crippen LogP contribution in [0.1, 0.15) is 24.0 Å². The molecule has 4 heteroatoms. The van der Waals surface area contributed by atoms with Crippen molar-refractivity contribution in [2.24, 2.45) is 0 Å². The Balaban J connectivity index is 1.81. The van der Waals surface area contributed by atoms with Gasteiger partial charge >= 0.3 is 0 Å². The second-order valence-electron chi connectivity index (χ2n) is 5.43. The summed E-state index contributed by atoms with van der Waals surface area (Å²) in [5.74, 6) is 0.930. The van der Waals surface area contributed by atoms with Crippen LogP contribution >= 0.6 is 0 Å². The molecule has 112 valence electrons. The van der Waals surface area contributed by atoms with Crippen LogP contribution in [0.2, 0.25) is 0 Å². The van der Waals surface area contributed by atoms with Gasteiger partial charge in [0, 0.05) is 13.2 Å². The Kier molecular flexibility index (Phi) is 5.83. The number of rotatable bonds is 7. The molecule has 2 N–H and O–H groups in total. The van der Waals surface area contributed by atoms with Crippen molar-refractivity contribution in [3.63, 3.8) is 0 Å². The summed E-state index contributed by atoms with van der Waals surface area (Å²) >= 11 is 0. The fraction of sp³-hybridized carbons (Fsp3) is 0.625. The minimum Gasteiger partial charge on any atom is -0.497 e. The van der Waals surface area contributed by atoms with Crippen molar-refractivity contribution in [1.29, 1.82) is 0 Å². The number of aliphatic hydroxyl groups excluding tert-OH is 1. The van der Waals surface area contributed by atoms with E-state index < -0.39 is 0 Å². The van der Waals surface area contributed by atoms with E-state index in [4.69, 9.17) is 9.47 Å². The maximum absolute atomic E-state index is 9.62. The first-order valence-electron chi connectivity index (χ1n) is 7.29. The van der Waals surface area contributed by atoms with Gasteiger partial charge in [-0.2, -0.15) is 0 Å². The van der Waals surface area contributed by atoms with Gasteiger partial charge in [-0.3, -0.25) is 0 Å². The van der Waals surface area contributed by atoms with Gasteiger partial charge < -0.3 is 19.9 Å². The third-order valence-corrected chi connectivity index (χ3v) is 3.91. The number of methoxy groups -OCH3 is 2. The number of ether oxygens (including phenoxy) is 2. The van der Waals surface area contributed by atoms with Crippen LogP contribution in [0, 0.1) is 0 Å². The largest absolute Gasteiger partial charge is 0.497 e. The van der Waals surface area contributed by atoms with Gasteiger partial charge in [0.15, 0.2) is 0 Å². The van der Waals surface area contributed by atoms with Crippen LogP contribution in [0.4, 0.5) is 0 Å². The molecule has 0 radical (unpaired) electrons. The average molecular weight is 279 g/mol. The molecule has 0 fully saturated rings. The van der Waals surface area contributed by atoms with Crippen molar-refractivity contribution in [1.82, 2.24) is 5.32 Å². The molecule has 2 atom stereocenters. The van der Waals surface area contributed by atoms with Gasteiger partial charge in [-0.1, -0.05) is 6.07 Å². The summed E-state index contributed by atoms with van der Waals surface area (Å²) in [6.07, 6.45) is 3.66. The molecule has 0 aromatic heterocycles. The first-order valence-corrected chi connectivity index (χ1v) is 7.29. The number of hydrogen-bond acceptors (Lipinski definition) is 4. The molecule has 0 aliphatic heterocycles. The molecule has 1 aromatic rings. The van der Waals surface area contributed by atoms with Crippen molar-refractivity contribution in [3.05, 3.63) is 29.3 Å². The highest BCUT2D eigenvalue weighted by molar-refractivity contribution is 5.37. The summed E-state index contributed by atoms with van der Waals surface area (Å²) in [6, 6.07) is 6.84. The topological polar surface area (TPSA) is 50.7 Å². The van der Waals surface area contributed by atoms with Crippen LogP contribution in [0.5, 0.6) is 5.75 Å². The van der Waals surface area contributed by atoms with Crippen LogP contribution in [-0.4, -0.2) is 44.6 Å². The zero-order chi connectivity index (χ0) is 14.4. The lowest BCUT2D eigenvalue weighted by atomic mass is 9.88. The van der Waals surface area contributed by atoms with E-state index in [1.807, 2.05) is 6.07 Å². The summed E-state index contributed by atoms with van der Waals surface area (Å²) in [5.41, 5.74) is 2.81. The lowest BCUT2D eigenvalue weighted by Gasteiger charge is -2.26. The monoisotopic (exact) mass is 279 g/mol. The van der Waals surface area contributed by atoms with Gasteiger partial charge in [0.05, 0.1) is 19.8 Å². The van der Waals surface area contributed by atoms with E-state index in [9.17, 15) is 5.11 Å². The third kappa shape index (κ3) is 4.20. The summed E-state index contributed by atoms with van der Waals surface area (Å²) < 4.78 is 10.2. The molecule has 4 nitrogen and oxygen atoms in total. The number of fused-ring (bicyclic) bond motifs is 1. The molecular weight excluding hydrogens is 254 g/mol. The van der Waals surface area contributed by atoms with Crippen LogP contribution in [-0.2, 0) is 17.6 Å². The molecule has 0 amide bonds. The molecule has 20 heavy (non-hydrogen) atoms. The number of aliphatic hydroxyl groups is 1. The van der Waals surface area contributed by atoms with Gasteiger partial charge in [0.1, 0.15) is 5.75 Å². The van der Waals surface area contributed by atoms with E-state index in [2.05, 4.69) is 17.4 Å². The first kappa shape index (κ1) is 15.3. The number of hydrogen-bond donors (Lipinski definition) is 2. The molecule has 0 bridgehead atoms. The summed E-state index contributed by atoms with van der Waals surface area (Å²) in [7, 11) is 3.32. The maximum Gasteiger partial charge on any atom is 0.119 e. The number of nitrogens with one attached hydrogen (secondary N) is 1. The van der Waals surface area contributed by atoms with Gasteiger partial charge in [-0.15, -0.1) is 0 Å². The van der Waals surface area contributed by atoms with Crippen molar-refractivity contribution in [2.75, 3.05) is 27.4 Å². The van der Waals surface area contributed by atoms with Crippen molar-refractivity contribution in [2.45, 2.75) is 37.8 Å². The zero-order valence-corrected chi connectivity index (χ0v) is 12.4. The summed E-state index contributed by atoms with van der Waals surface area (Å²) in [6.45, 7) is 1.24. The van der Waals surface area contributed by atoms with Crippen LogP contribution in [0.25, 0.3) is 0 Å². The Morgan fingerprint density at radius 2 is 2.20 bits per heavy atom. The molecule has 0 spiro atoms. The molecule has 1 aliphatic carbocycles. The van der Waals surface area contributed by atoms with Crippen molar-refractivity contribution >= 4 is 0 Å². The smallest absolute Gasteiger partial charge is 0.119 e. The van der Waals surface area contributed by atoms with Crippen molar-refractivity contribution in [3.8, 4) is 5.75 Å². The van der Waals surface area contributed by atoms with Gasteiger partial charge in [-0.25, -0.2) is 0 Å². The SMILES string of the molecule is COCC(O)CCNC1CCc2ccc(OC)cc2C1. The highest BCUT2D eigenvalue weighted by Crippen LogP contribution is 2.25. The molecule has 0 heterocycles. The Labute approximate surface area is 121 Å². The minimum atomic E-state index is -0.372. The third-order valence-electron chi connectivity index (χ3n) is 3.91. The van der Waals surface area contributed by atoms with Gasteiger partial charge in [-0.05, 0) is 55.5 Å². The van der Waals surface area contributed by atoms with E-state index in [-0.39, 0.29) is 6.10 Å². The lowest BCUT2D eigenvalue weighted by Crippen LogP contribution is -2.36. The molecule has 2 unspecified atom stereocenters. The Morgan fingerprint density at radius 3 is 2.95 bits per heavy atom. The fourth-order valence-corrected chi connectivity index (χ4v) is 2.76. The van der Waals surface area contributed by atoms with Crippen molar-refractivity contribution < 1.29 is 14.6 Å². The van der Waals surface area contributed by atoms with E-state index in [1.165, 1.54) is 11.1 Å². The fourth-order valence-electron chi connectivity index (χ4n) is 2.76. The zero-order valence-electron chi connectivity index (χ0n) is 12.4.